The maximum absolute atomic E-state index is 12.1. The number of rotatable bonds is 5. The van der Waals surface area contributed by atoms with Gasteiger partial charge in [0.2, 0.25) is 15.9 Å². The number of amides is 1. The maximum atomic E-state index is 12.1. The van der Waals surface area contributed by atoms with Gasteiger partial charge >= 0.3 is 0 Å². The van der Waals surface area contributed by atoms with E-state index in [-0.39, 0.29) is 10.8 Å². The fourth-order valence-electron chi connectivity index (χ4n) is 1.65. The molecule has 0 saturated carbocycles. The Kier molecular flexibility index (Phi) is 4.67. The molecule has 0 aliphatic rings. The predicted octanol–water partition coefficient (Wildman–Crippen LogP) is 2.29. The minimum atomic E-state index is -3.63. The molecule has 0 atom stereocenters. The van der Waals surface area contributed by atoms with E-state index < -0.39 is 15.9 Å². The van der Waals surface area contributed by atoms with Gasteiger partial charge in [-0.2, -0.15) is 0 Å². The first-order valence-electron chi connectivity index (χ1n) is 5.94. The van der Waals surface area contributed by atoms with Crippen molar-refractivity contribution in [2.24, 2.45) is 5.73 Å². The Hall–Kier alpha value is -1.41. The van der Waals surface area contributed by atoms with Crippen LogP contribution in [0.1, 0.15) is 21.5 Å². The van der Waals surface area contributed by atoms with Crippen molar-refractivity contribution in [3.8, 4) is 0 Å². The van der Waals surface area contributed by atoms with E-state index >= 15 is 0 Å². The van der Waals surface area contributed by atoms with Crippen molar-refractivity contribution in [2.45, 2.75) is 17.7 Å². The van der Waals surface area contributed by atoms with Crippen LogP contribution in [0.2, 0.25) is 4.34 Å². The van der Waals surface area contributed by atoms with Crippen LogP contribution in [0.25, 0.3) is 0 Å². The normalized spacial score (nSPS) is 11.5. The lowest BCUT2D eigenvalue weighted by Gasteiger charge is -2.06. The number of hydrogen-bond donors (Lipinski definition) is 2. The van der Waals surface area contributed by atoms with E-state index in [1.807, 2.05) is 0 Å². The first-order chi connectivity index (χ1) is 9.79. The molecule has 0 aliphatic heterocycles. The van der Waals surface area contributed by atoms with Gasteiger partial charge in [0, 0.05) is 12.1 Å². The highest BCUT2D eigenvalue weighted by molar-refractivity contribution is 7.91. The largest absolute Gasteiger partial charge is 0.366 e. The molecule has 0 spiro atoms. The molecule has 5 nitrogen and oxygen atoms in total. The van der Waals surface area contributed by atoms with Crippen molar-refractivity contribution >= 4 is 38.9 Å². The Morgan fingerprint density at radius 3 is 2.67 bits per heavy atom. The van der Waals surface area contributed by atoms with Crippen LogP contribution >= 0.6 is 22.9 Å². The highest BCUT2D eigenvalue weighted by Gasteiger charge is 2.18. The molecular formula is C13H13ClN2O3S2. The molecule has 0 fully saturated rings. The van der Waals surface area contributed by atoms with Crippen molar-refractivity contribution in [2.75, 3.05) is 0 Å². The van der Waals surface area contributed by atoms with E-state index in [9.17, 15) is 13.2 Å². The number of nitrogens with one attached hydrogen (secondary N) is 1. The molecule has 0 aliphatic carbocycles. The first kappa shape index (κ1) is 16.0. The fraction of sp³-hybridized carbons (Fsp3) is 0.154. The van der Waals surface area contributed by atoms with Crippen LogP contribution in [-0.2, 0) is 16.6 Å². The highest BCUT2D eigenvalue weighted by Crippen LogP contribution is 2.29. The van der Waals surface area contributed by atoms with Crippen LogP contribution < -0.4 is 10.5 Å². The minimum absolute atomic E-state index is 0.0675. The van der Waals surface area contributed by atoms with Crippen molar-refractivity contribution in [3.63, 3.8) is 0 Å². The molecule has 0 bridgehead atoms. The Morgan fingerprint density at radius 1 is 1.38 bits per heavy atom. The average molecular weight is 345 g/mol. The molecule has 1 aromatic heterocycles. The molecule has 8 heteroatoms. The van der Waals surface area contributed by atoms with Gasteiger partial charge in [0.05, 0.1) is 4.34 Å². The second-order valence-electron chi connectivity index (χ2n) is 4.41. The molecule has 112 valence electrons. The molecule has 2 rings (SSSR count). The molecule has 1 heterocycles. The van der Waals surface area contributed by atoms with E-state index in [2.05, 4.69) is 4.72 Å². The standard InChI is InChI=1S/C13H13ClN2O3S2/c1-8-5-11(20-12(8)14)21(18,19)16-7-9-3-2-4-10(6-9)13(15)17/h2-6,16H,7H2,1H3,(H2,15,17). The molecule has 21 heavy (non-hydrogen) atoms. The van der Waals surface area contributed by atoms with Gasteiger partial charge in [-0.15, -0.1) is 11.3 Å². The predicted molar refractivity (Wildman–Crippen MR) is 83.1 cm³/mol. The summed E-state index contributed by atoms with van der Waals surface area (Å²) in [5.41, 5.74) is 6.89. The number of carbonyl (C=O) groups is 1. The Morgan fingerprint density at radius 2 is 2.10 bits per heavy atom. The number of halogens is 1. The summed E-state index contributed by atoms with van der Waals surface area (Å²) in [7, 11) is -3.63. The van der Waals surface area contributed by atoms with Crippen molar-refractivity contribution < 1.29 is 13.2 Å². The third kappa shape index (κ3) is 3.82. The monoisotopic (exact) mass is 344 g/mol. The maximum Gasteiger partial charge on any atom is 0.250 e. The number of benzene rings is 1. The lowest BCUT2D eigenvalue weighted by Crippen LogP contribution is -2.22. The van der Waals surface area contributed by atoms with Crippen molar-refractivity contribution in [1.82, 2.24) is 4.72 Å². The summed E-state index contributed by atoms with van der Waals surface area (Å²) in [6, 6.07) is 8.01. The first-order valence-corrected chi connectivity index (χ1v) is 8.62. The number of primary amides is 1. The van der Waals surface area contributed by atoms with Crippen LogP contribution in [0.15, 0.2) is 34.5 Å². The van der Waals surface area contributed by atoms with Gasteiger partial charge in [-0.05, 0) is 36.2 Å². The summed E-state index contributed by atoms with van der Waals surface area (Å²) in [6.45, 7) is 1.81. The van der Waals surface area contributed by atoms with E-state index in [4.69, 9.17) is 17.3 Å². The second kappa shape index (κ2) is 6.15. The number of hydrogen-bond acceptors (Lipinski definition) is 4. The second-order valence-corrected chi connectivity index (χ2v) is 8.06. The lowest BCUT2D eigenvalue weighted by atomic mass is 10.1. The Bertz CT molecular complexity index is 765. The lowest BCUT2D eigenvalue weighted by molar-refractivity contribution is 0.1000. The third-order valence-electron chi connectivity index (χ3n) is 2.78. The molecule has 3 N–H and O–H groups in total. The fourth-order valence-corrected chi connectivity index (χ4v) is 4.42. The van der Waals surface area contributed by atoms with Crippen LogP contribution in [0.5, 0.6) is 0 Å². The average Bonchev–Trinajstić information content (AvgIpc) is 2.78. The molecule has 1 amide bonds. The van der Waals surface area contributed by atoms with Gasteiger partial charge in [-0.1, -0.05) is 23.7 Å². The van der Waals surface area contributed by atoms with Crippen molar-refractivity contribution in [3.05, 3.63) is 51.4 Å². The molecule has 1 aromatic carbocycles. The number of nitrogens with two attached hydrogens (primary N) is 1. The Balaban J connectivity index is 2.15. The molecule has 0 saturated heterocycles. The molecule has 2 aromatic rings. The molecule has 0 radical (unpaired) electrons. The van der Waals surface area contributed by atoms with Crippen LogP contribution in [-0.4, -0.2) is 14.3 Å². The van der Waals surface area contributed by atoms with Crippen LogP contribution in [0, 0.1) is 6.92 Å². The van der Waals surface area contributed by atoms with Crippen LogP contribution in [0.3, 0.4) is 0 Å². The van der Waals surface area contributed by atoms with Crippen LogP contribution in [0.4, 0.5) is 0 Å². The van der Waals surface area contributed by atoms with Crippen molar-refractivity contribution in [1.29, 1.82) is 0 Å². The zero-order valence-electron chi connectivity index (χ0n) is 11.1. The van der Waals surface area contributed by atoms with E-state index in [1.165, 1.54) is 6.07 Å². The van der Waals surface area contributed by atoms with Gasteiger partial charge < -0.3 is 5.73 Å². The third-order valence-corrected chi connectivity index (χ3v) is 6.21. The van der Waals surface area contributed by atoms with E-state index in [0.717, 1.165) is 16.9 Å². The van der Waals surface area contributed by atoms with Gasteiger partial charge in [0.15, 0.2) is 0 Å². The molecule has 0 unspecified atom stereocenters. The summed E-state index contributed by atoms with van der Waals surface area (Å²) < 4.78 is 27.4. The van der Waals surface area contributed by atoms with E-state index in [0.29, 0.717) is 15.5 Å². The topological polar surface area (TPSA) is 89.3 Å². The van der Waals surface area contributed by atoms with Gasteiger partial charge in [-0.3, -0.25) is 4.79 Å². The smallest absolute Gasteiger partial charge is 0.250 e. The summed E-state index contributed by atoms with van der Waals surface area (Å²) in [5, 5.41) is 0. The number of sulfonamides is 1. The van der Waals surface area contributed by atoms with Gasteiger partial charge in [0.1, 0.15) is 4.21 Å². The minimum Gasteiger partial charge on any atom is -0.366 e. The molecular weight excluding hydrogens is 332 g/mol. The summed E-state index contributed by atoms with van der Waals surface area (Å²) in [4.78, 5) is 11.1. The Labute approximate surface area is 131 Å². The SMILES string of the molecule is Cc1cc(S(=O)(=O)NCc2cccc(C(N)=O)c2)sc1Cl. The van der Waals surface area contributed by atoms with Gasteiger partial charge in [-0.25, -0.2) is 13.1 Å². The zero-order valence-corrected chi connectivity index (χ0v) is 13.5. The summed E-state index contributed by atoms with van der Waals surface area (Å²) in [5.74, 6) is -0.555. The van der Waals surface area contributed by atoms with E-state index in [1.54, 1.807) is 31.2 Å². The highest BCUT2D eigenvalue weighted by atomic mass is 35.5. The summed E-state index contributed by atoms with van der Waals surface area (Å²) in [6.07, 6.45) is 0. The zero-order chi connectivity index (χ0) is 15.6. The number of carbonyl (C=O) groups excluding carboxylic acids is 1. The quantitative estimate of drug-likeness (QED) is 0.872. The number of aryl methyl sites for hydroxylation is 1. The summed E-state index contributed by atoms with van der Waals surface area (Å²) >= 11 is 6.89. The van der Waals surface area contributed by atoms with Gasteiger partial charge in [0.25, 0.3) is 0 Å². The number of thiophene rings is 1.